The number of amides is 2. The number of carboxylic acid groups (broad SMARTS) is 1. The topological polar surface area (TPSA) is 105 Å². The highest BCUT2D eigenvalue weighted by Crippen LogP contribution is 2.44. The first-order chi connectivity index (χ1) is 16.8. The van der Waals surface area contributed by atoms with Gasteiger partial charge in [-0.2, -0.15) is 0 Å². The molecule has 8 heteroatoms. The van der Waals surface area contributed by atoms with Crippen molar-refractivity contribution in [2.45, 2.75) is 31.7 Å². The van der Waals surface area contributed by atoms with E-state index in [9.17, 15) is 14.4 Å². The number of halogens is 1. The van der Waals surface area contributed by atoms with Crippen LogP contribution in [0.3, 0.4) is 0 Å². The van der Waals surface area contributed by atoms with E-state index in [4.69, 9.17) is 9.84 Å². The van der Waals surface area contributed by atoms with E-state index in [-0.39, 0.29) is 25.4 Å². The molecule has 0 fully saturated rings. The number of benzene rings is 3. The summed E-state index contributed by atoms with van der Waals surface area (Å²) in [6, 6.07) is 20.4. The Bertz CT molecular complexity index is 1230. The van der Waals surface area contributed by atoms with Crippen molar-refractivity contribution in [3.05, 3.63) is 87.0 Å². The molecule has 0 saturated heterocycles. The Balaban J connectivity index is 1.44. The smallest absolute Gasteiger partial charge is 0.407 e. The number of hydrogen-bond acceptors (Lipinski definition) is 4. The van der Waals surface area contributed by atoms with E-state index in [0.717, 1.165) is 31.4 Å². The molecule has 0 heterocycles. The van der Waals surface area contributed by atoms with Crippen molar-refractivity contribution in [2.24, 2.45) is 0 Å². The highest BCUT2D eigenvalue weighted by molar-refractivity contribution is 14.1. The summed E-state index contributed by atoms with van der Waals surface area (Å²) in [4.78, 5) is 36.8. The summed E-state index contributed by atoms with van der Waals surface area (Å²) in [5.41, 5.74) is 5.88. The SMILES string of the molecule is Cc1c(I)cccc1NC(=O)C(CCC(=O)O)NC(=O)OCC1c2ccccc2-c2ccccc21. The van der Waals surface area contributed by atoms with E-state index in [1.807, 2.05) is 67.6 Å². The van der Waals surface area contributed by atoms with Gasteiger partial charge in [0.1, 0.15) is 12.6 Å². The minimum absolute atomic E-state index is 0.0612. The lowest BCUT2D eigenvalue weighted by molar-refractivity contribution is -0.137. The molecule has 3 aromatic rings. The minimum Gasteiger partial charge on any atom is -0.481 e. The summed E-state index contributed by atoms with van der Waals surface area (Å²) in [7, 11) is 0. The molecule has 1 unspecified atom stereocenters. The van der Waals surface area contributed by atoms with E-state index >= 15 is 0 Å². The Hall–Kier alpha value is -3.40. The van der Waals surface area contributed by atoms with Gasteiger partial charge in [-0.3, -0.25) is 9.59 Å². The number of fused-ring (bicyclic) bond motifs is 3. The van der Waals surface area contributed by atoms with Crippen molar-refractivity contribution < 1.29 is 24.2 Å². The number of alkyl carbamates (subject to hydrolysis) is 1. The second kappa shape index (κ2) is 10.9. The quantitative estimate of drug-likeness (QED) is 0.312. The van der Waals surface area contributed by atoms with Gasteiger partial charge >= 0.3 is 12.1 Å². The van der Waals surface area contributed by atoms with Crippen LogP contribution in [0.4, 0.5) is 10.5 Å². The summed E-state index contributed by atoms with van der Waals surface area (Å²) >= 11 is 2.17. The third-order valence-corrected chi connectivity index (χ3v) is 7.29. The molecule has 0 spiro atoms. The number of anilines is 1. The van der Waals surface area contributed by atoms with Gasteiger partial charge in [0.15, 0.2) is 0 Å². The standard InChI is InChI=1S/C27H25IN2O5/c1-16-22(28)11-6-12-23(16)29-26(33)24(13-14-25(31)32)30-27(34)35-15-21-19-9-4-2-7-17(19)18-8-3-5-10-20(18)21/h2-12,21,24H,13-15H2,1H3,(H,29,33)(H,30,34)(H,31,32). The van der Waals surface area contributed by atoms with Crippen molar-refractivity contribution in [3.8, 4) is 11.1 Å². The van der Waals surface area contributed by atoms with Gasteiger partial charge in [-0.1, -0.05) is 54.6 Å². The molecule has 0 aromatic heterocycles. The van der Waals surface area contributed by atoms with Crippen molar-refractivity contribution in [1.29, 1.82) is 0 Å². The van der Waals surface area contributed by atoms with Gasteiger partial charge in [-0.05, 0) is 75.9 Å². The van der Waals surface area contributed by atoms with Gasteiger partial charge < -0.3 is 20.5 Å². The molecule has 2 amide bonds. The normalized spacial score (nSPS) is 12.9. The summed E-state index contributed by atoms with van der Waals surface area (Å²) in [5, 5.41) is 14.5. The summed E-state index contributed by atoms with van der Waals surface area (Å²) < 4.78 is 6.52. The van der Waals surface area contributed by atoms with Gasteiger partial charge in [0.25, 0.3) is 0 Å². The maximum Gasteiger partial charge on any atom is 0.407 e. The summed E-state index contributed by atoms with van der Waals surface area (Å²) in [6.45, 7) is 1.98. The predicted molar refractivity (Wildman–Crippen MR) is 141 cm³/mol. The molecule has 0 saturated carbocycles. The number of aliphatic carboxylic acids is 1. The van der Waals surface area contributed by atoms with Crippen LogP contribution in [0, 0.1) is 10.5 Å². The molecule has 0 radical (unpaired) electrons. The van der Waals surface area contributed by atoms with Gasteiger partial charge in [-0.25, -0.2) is 4.79 Å². The van der Waals surface area contributed by atoms with Crippen LogP contribution in [0.2, 0.25) is 0 Å². The molecule has 180 valence electrons. The number of ether oxygens (including phenoxy) is 1. The van der Waals surface area contributed by atoms with Crippen LogP contribution in [0.1, 0.15) is 35.4 Å². The Morgan fingerprint density at radius 2 is 1.60 bits per heavy atom. The maximum atomic E-state index is 12.9. The number of carbonyl (C=O) groups is 3. The molecule has 4 rings (SSSR count). The molecule has 1 aliphatic rings. The molecule has 35 heavy (non-hydrogen) atoms. The second-order valence-electron chi connectivity index (χ2n) is 8.36. The molecule has 1 atom stereocenters. The lowest BCUT2D eigenvalue weighted by atomic mass is 9.98. The molecule has 3 aromatic carbocycles. The Morgan fingerprint density at radius 1 is 0.971 bits per heavy atom. The molecular formula is C27H25IN2O5. The monoisotopic (exact) mass is 584 g/mol. The van der Waals surface area contributed by atoms with Gasteiger partial charge in [0.05, 0.1) is 0 Å². The van der Waals surface area contributed by atoms with Crippen LogP contribution < -0.4 is 10.6 Å². The van der Waals surface area contributed by atoms with Crippen molar-refractivity contribution in [2.75, 3.05) is 11.9 Å². The zero-order chi connectivity index (χ0) is 24.9. The summed E-state index contributed by atoms with van der Waals surface area (Å²) in [5.74, 6) is -1.67. The van der Waals surface area contributed by atoms with Crippen LogP contribution >= 0.6 is 22.6 Å². The number of rotatable bonds is 8. The largest absolute Gasteiger partial charge is 0.481 e. The first kappa shape index (κ1) is 24.7. The van der Waals surface area contributed by atoms with Crippen molar-refractivity contribution in [3.63, 3.8) is 0 Å². The van der Waals surface area contributed by atoms with E-state index in [0.29, 0.717) is 5.69 Å². The fourth-order valence-electron chi connectivity index (χ4n) is 4.28. The average molecular weight is 584 g/mol. The number of carboxylic acids is 1. The van der Waals surface area contributed by atoms with Crippen LogP contribution in [-0.4, -0.2) is 35.7 Å². The molecule has 0 bridgehead atoms. The Kier molecular flexibility index (Phi) is 7.70. The molecule has 1 aliphatic carbocycles. The lowest BCUT2D eigenvalue weighted by Crippen LogP contribution is -2.44. The lowest BCUT2D eigenvalue weighted by Gasteiger charge is -2.20. The van der Waals surface area contributed by atoms with E-state index < -0.39 is 24.0 Å². The Morgan fingerprint density at radius 3 is 2.23 bits per heavy atom. The maximum absolute atomic E-state index is 12.9. The molecule has 0 aliphatic heterocycles. The van der Waals surface area contributed by atoms with E-state index in [1.54, 1.807) is 6.07 Å². The van der Waals surface area contributed by atoms with Crippen LogP contribution in [-0.2, 0) is 14.3 Å². The van der Waals surface area contributed by atoms with Gasteiger partial charge in [0.2, 0.25) is 5.91 Å². The first-order valence-corrected chi connectivity index (χ1v) is 12.3. The predicted octanol–water partition coefficient (Wildman–Crippen LogP) is 5.31. The minimum atomic E-state index is -1.06. The number of nitrogens with one attached hydrogen (secondary N) is 2. The zero-order valence-corrected chi connectivity index (χ0v) is 21.2. The highest BCUT2D eigenvalue weighted by Gasteiger charge is 2.30. The number of hydrogen-bond donors (Lipinski definition) is 3. The highest BCUT2D eigenvalue weighted by atomic mass is 127. The number of carbonyl (C=O) groups excluding carboxylic acids is 2. The van der Waals surface area contributed by atoms with Crippen LogP contribution in [0.5, 0.6) is 0 Å². The van der Waals surface area contributed by atoms with Gasteiger partial charge in [0, 0.05) is 21.6 Å². The Labute approximate surface area is 217 Å². The van der Waals surface area contributed by atoms with Gasteiger partial charge in [-0.15, -0.1) is 0 Å². The third-order valence-electron chi connectivity index (χ3n) is 6.12. The fourth-order valence-corrected chi connectivity index (χ4v) is 4.78. The molecule has 7 nitrogen and oxygen atoms in total. The zero-order valence-electron chi connectivity index (χ0n) is 19.1. The van der Waals surface area contributed by atoms with Crippen molar-refractivity contribution >= 4 is 46.2 Å². The van der Waals surface area contributed by atoms with E-state index in [2.05, 4.69) is 33.2 Å². The second-order valence-corrected chi connectivity index (χ2v) is 9.52. The fraction of sp³-hybridized carbons (Fsp3) is 0.222. The van der Waals surface area contributed by atoms with E-state index in [1.165, 1.54) is 0 Å². The average Bonchev–Trinajstić information content (AvgIpc) is 3.17. The summed E-state index contributed by atoms with van der Waals surface area (Å²) in [6.07, 6.45) is -1.10. The van der Waals surface area contributed by atoms with Crippen LogP contribution in [0.25, 0.3) is 11.1 Å². The third kappa shape index (κ3) is 5.64. The molecule has 3 N–H and O–H groups in total. The van der Waals surface area contributed by atoms with Crippen LogP contribution in [0.15, 0.2) is 66.7 Å². The molecular weight excluding hydrogens is 559 g/mol. The van der Waals surface area contributed by atoms with Crippen molar-refractivity contribution in [1.82, 2.24) is 5.32 Å². The first-order valence-electron chi connectivity index (χ1n) is 11.2.